The second kappa shape index (κ2) is 6.60. The van der Waals surface area contributed by atoms with Crippen molar-refractivity contribution < 1.29 is 4.79 Å². The predicted molar refractivity (Wildman–Crippen MR) is 79.1 cm³/mol. The van der Waals surface area contributed by atoms with E-state index in [-0.39, 0.29) is 5.91 Å². The average Bonchev–Trinajstić information content (AvgIpc) is 2.42. The van der Waals surface area contributed by atoms with Gasteiger partial charge in [-0.2, -0.15) is 0 Å². The van der Waals surface area contributed by atoms with Crippen LogP contribution in [0.1, 0.15) is 54.4 Å². The SMILES string of the molecule is Cc1ccc(N)cc1C(=O)NCCC1CCCCC1. The van der Waals surface area contributed by atoms with Crippen molar-refractivity contribution >= 4 is 11.6 Å². The van der Waals surface area contributed by atoms with Gasteiger partial charge in [0.1, 0.15) is 0 Å². The van der Waals surface area contributed by atoms with Crippen LogP contribution in [0.25, 0.3) is 0 Å². The van der Waals surface area contributed by atoms with Crippen LogP contribution in [0.15, 0.2) is 18.2 Å². The van der Waals surface area contributed by atoms with Crippen LogP contribution in [-0.2, 0) is 0 Å². The first-order chi connectivity index (χ1) is 9.16. The molecule has 3 heteroatoms. The highest BCUT2D eigenvalue weighted by molar-refractivity contribution is 5.96. The molecule has 0 atom stereocenters. The first-order valence-electron chi connectivity index (χ1n) is 7.31. The molecule has 0 aliphatic heterocycles. The molecule has 0 unspecified atom stereocenters. The monoisotopic (exact) mass is 260 g/mol. The molecular formula is C16H24N2O. The molecule has 1 fully saturated rings. The number of nitrogen functional groups attached to an aromatic ring is 1. The number of anilines is 1. The van der Waals surface area contributed by atoms with E-state index in [0.717, 1.165) is 24.4 Å². The van der Waals surface area contributed by atoms with Gasteiger partial charge in [-0.05, 0) is 37.0 Å². The van der Waals surface area contributed by atoms with Gasteiger partial charge in [0.15, 0.2) is 0 Å². The van der Waals surface area contributed by atoms with E-state index in [1.54, 1.807) is 6.07 Å². The molecule has 3 nitrogen and oxygen atoms in total. The number of amides is 1. The van der Waals surface area contributed by atoms with E-state index < -0.39 is 0 Å². The number of hydrogen-bond donors (Lipinski definition) is 2. The molecule has 0 bridgehead atoms. The second-order valence-corrected chi connectivity index (χ2v) is 5.62. The molecule has 1 amide bonds. The van der Waals surface area contributed by atoms with E-state index in [4.69, 9.17) is 5.73 Å². The largest absolute Gasteiger partial charge is 0.399 e. The third-order valence-corrected chi connectivity index (χ3v) is 4.07. The van der Waals surface area contributed by atoms with Crippen LogP contribution >= 0.6 is 0 Å². The van der Waals surface area contributed by atoms with Crippen molar-refractivity contribution in [2.24, 2.45) is 5.92 Å². The fourth-order valence-corrected chi connectivity index (χ4v) is 2.85. The van der Waals surface area contributed by atoms with Gasteiger partial charge in [-0.3, -0.25) is 4.79 Å². The van der Waals surface area contributed by atoms with Crippen LogP contribution in [0.4, 0.5) is 5.69 Å². The lowest BCUT2D eigenvalue weighted by Gasteiger charge is -2.21. The van der Waals surface area contributed by atoms with Crippen LogP contribution in [-0.4, -0.2) is 12.5 Å². The number of rotatable bonds is 4. The highest BCUT2D eigenvalue weighted by Gasteiger charge is 2.14. The highest BCUT2D eigenvalue weighted by Crippen LogP contribution is 2.25. The number of carbonyl (C=O) groups excluding carboxylic acids is 1. The zero-order valence-electron chi connectivity index (χ0n) is 11.7. The zero-order chi connectivity index (χ0) is 13.7. The van der Waals surface area contributed by atoms with Crippen LogP contribution in [0.3, 0.4) is 0 Å². The van der Waals surface area contributed by atoms with Crippen molar-refractivity contribution in [1.29, 1.82) is 0 Å². The van der Waals surface area contributed by atoms with E-state index in [0.29, 0.717) is 11.3 Å². The fraction of sp³-hybridized carbons (Fsp3) is 0.562. The summed E-state index contributed by atoms with van der Waals surface area (Å²) in [5.74, 6) is 0.802. The Kier molecular flexibility index (Phi) is 4.83. The van der Waals surface area contributed by atoms with Crippen molar-refractivity contribution in [3.05, 3.63) is 29.3 Å². The number of carbonyl (C=O) groups is 1. The predicted octanol–water partition coefficient (Wildman–Crippen LogP) is 3.28. The van der Waals surface area contributed by atoms with Crippen molar-refractivity contribution in [3.8, 4) is 0 Å². The minimum atomic E-state index is 0.000564. The summed E-state index contributed by atoms with van der Waals surface area (Å²) in [5.41, 5.74) is 8.05. The molecule has 0 heterocycles. The van der Waals surface area contributed by atoms with E-state index in [2.05, 4.69) is 5.32 Å². The molecular weight excluding hydrogens is 236 g/mol. The Labute approximate surface area is 115 Å². The Hall–Kier alpha value is -1.51. The molecule has 2 rings (SSSR count). The first-order valence-corrected chi connectivity index (χ1v) is 7.31. The normalized spacial score (nSPS) is 16.3. The maximum Gasteiger partial charge on any atom is 0.251 e. The Morgan fingerprint density at radius 3 is 2.79 bits per heavy atom. The lowest BCUT2D eigenvalue weighted by molar-refractivity contribution is 0.0950. The van der Waals surface area contributed by atoms with Gasteiger partial charge in [-0.25, -0.2) is 0 Å². The highest BCUT2D eigenvalue weighted by atomic mass is 16.1. The molecule has 1 saturated carbocycles. The standard InChI is InChI=1S/C16H24N2O/c1-12-7-8-14(17)11-15(12)16(19)18-10-9-13-5-3-2-4-6-13/h7-8,11,13H,2-6,9-10,17H2,1H3,(H,18,19). The number of aryl methyl sites for hydroxylation is 1. The maximum absolute atomic E-state index is 12.1. The fourth-order valence-electron chi connectivity index (χ4n) is 2.85. The van der Waals surface area contributed by atoms with Gasteiger partial charge in [-0.1, -0.05) is 38.2 Å². The van der Waals surface area contributed by atoms with Gasteiger partial charge in [0.05, 0.1) is 0 Å². The van der Waals surface area contributed by atoms with Crippen LogP contribution in [0.5, 0.6) is 0 Å². The number of benzene rings is 1. The summed E-state index contributed by atoms with van der Waals surface area (Å²) in [5, 5.41) is 3.02. The summed E-state index contributed by atoms with van der Waals surface area (Å²) in [7, 11) is 0. The molecule has 0 saturated heterocycles. The van der Waals surface area contributed by atoms with Crippen molar-refractivity contribution in [1.82, 2.24) is 5.32 Å². The summed E-state index contributed by atoms with van der Waals surface area (Å²) in [6, 6.07) is 5.48. The smallest absolute Gasteiger partial charge is 0.251 e. The topological polar surface area (TPSA) is 55.1 Å². The van der Waals surface area contributed by atoms with Crippen LogP contribution in [0.2, 0.25) is 0 Å². The molecule has 3 N–H and O–H groups in total. The summed E-state index contributed by atoms with van der Waals surface area (Å²) in [6.07, 6.45) is 7.85. The number of nitrogens with two attached hydrogens (primary N) is 1. The first kappa shape index (κ1) is 13.9. The van der Waals surface area contributed by atoms with Gasteiger partial charge in [-0.15, -0.1) is 0 Å². The molecule has 1 aliphatic rings. The third-order valence-electron chi connectivity index (χ3n) is 4.07. The lowest BCUT2D eigenvalue weighted by Crippen LogP contribution is -2.27. The third kappa shape index (κ3) is 3.98. The van der Waals surface area contributed by atoms with E-state index >= 15 is 0 Å². The zero-order valence-corrected chi connectivity index (χ0v) is 11.7. The molecule has 1 aromatic rings. The molecule has 0 aromatic heterocycles. The number of nitrogens with one attached hydrogen (secondary N) is 1. The van der Waals surface area contributed by atoms with Crippen molar-refractivity contribution in [2.75, 3.05) is 12.3 Å². The van der Waals surface area contributed by atoms with Crippen LogP contribution in [0, 0.1) is 12.8 Å². The van der Waals surface area contributed by atoms with Gasteiger partial charge >= 0.3 is 0 Å². The molecule has 1 aromatic carbocycles. The Bertz CT molecular complexity index is 436. The van der Waals surface area contributed by atoms with E-state index in [9.17, 15) is 4.79 Å². The van der Waals surface area contributed by atoms with Gasteiger partial charge in [0.2, 0.25) is 0 Å². The molecule has 0 spiro atoms. The van der Waals surface area contributed by atoms with E-state index in [1.165, 1.54) is 32.1 Å². The average molecular weight is 260 g/mol. The van der Waals surface area contributed by atoms with Gasteiger partial charge in [0.25, 0.3) is 5.91 Å². The molecule has 1 aliphatic carbocycles. The van der Waals surface area contributed by atoms with E-state index in [1.807, 2.05) is 19.1 Å². The number of hydrogen-bond acceptors (Lipinski definition) is 2. The van der Waals surface area contributed by atoms with Gasteiger partial charge < -0.3 is 11.1 Å². The van der Waals surface area contributed by atoms with Crippen molar-refractivity contribution in [3.63, 3.8) is 0 Å². The minimum absolute atomic E-state index is 0.000564. The Morgan fingerprint density at radius 1 is 1.32 bits per heavy atom. The molecule has 104 valence electrons. The second-order valence-electron chi connectivity index (χ2n) is 5.62. The quantitative estimate of drug-likeness (QED) is 0.816. The summed E-state index contributed by atoms with van der Waals surface area (Å²) in [4.78, 5) is 12.1. The van der Waals surface area contributed by atoms with Gasteiger partial charge in [0, 0.05) is 17.8 Å². The summed E-state index contributed by atoms with van der Waals surface area (Å²) in [6.45, 7) is 2.72. The summed E-state index contributed by atoms with van der Waals surface area (Å²) < 4.78 is 0. The Balaban J connectivity index is 1.82. The summed E-state index contributed by atoms with van der Waals surface area (Å²) >= 11 is 0. The van der Waals surface area contributed by atoms with Crippen LogP contribution < -0.4 is 11.1 Å². The maximum atomic E-state index is 12.1. The molecule has 19 heavy (non-hydrogen) atoms. The lowest BCUT2D eigenvalue weighted by atomic mass is 9.87. The van der Waals surface area contributed by atoms with Crippen molar-refractivity contribution in [2.45, 2.75) is 45.4 Å². The minimum Gasteiger partial charge on any atom is -0.399 e. The Morgan fingerprint density at radius 2 is 2.05 bits per heavy atom. The molecule has 0 radical (unpaired) electrons.